The molecule has 0 saturated carbocycles. The molecule has 0 atom stereocenters. The van der Waals surface area contributed by atoms with Gasteiger partial charge in [-0.25, -0.2) is 0 Å². The van der Waals surface area contributed by atoms with Gasteiger partial charge in [-0.15, -0.1) is 10.2 Å². The van der Waals surface area contributed by atoms with Crippen LogP contribution in [-0.4, -0.2) is 28.5 Å². The molecule has 78 valence electrons. The first-order chi connectivity index (χ1) is 6.54. The number of rotatable bonds is 3. The normalized spacial score (nSPS) is 11.4. The standard InChI is InChI=1S/C7H8F3N3O/c8-7(9,10)5-1-2-6(13-12-5)11-3-4-14/h1-2,14H,3-4H2,(H,11,13). The summed E-state index contributed by atoms with van der Waals surface area (Å²) in [4.78, 5) is 0. The maximum absolute atomic E-state index is 12.0. The lowest BCUT2D eigenvalue weighted by molar-refractivity contribution is -0.141. The Bertz CT molecular complexity index is 285. The van der Waals surface area contributed by atoms with E-state index in [1.807, 2.05) is 0 Å². The molecule has 1 heterocycles. The molecular weight excluding hydrogens is 199 g/mol. The van der Waals surface area contributed by atoms with Crippen molar-refractivity contribution < 1.29 is 18.3 Å². The van der Waals surface area contributed by atoms with Crippen molar-refractivity contribution in [3.63, 3.8) is 0 Å². The summed E-state index contributed by atoms with van der Waals surface area (Å²) >= 11 is 0. The summed E-state index contributed by atoms with van der Waals surface area (Å²) in [5.41, 5.74) is -1.04. The van der Waals surface area contributed by atoms with Crippen molar-refractivity contribution in [2.24, 2.45) is 0 Å². The Kier molecular flexibility index (Phi) is 3.23. The molecule has 4 nitrogen and oxygen atoms in total. The number of aromatic nitrogens is 2. The predicted molar refractivity (Wildman–Crippen MR) is 42.6 cm³/mol. The quantitative estimate of drug-likeness (QED) is 0.773. The van der Waals surface area contributed by atoms with Crippen LogP contribution in [0, 0.1) is 0 Å². The number of hydrogen-bond donors (Lipinski definition) is 2. The summed E-state index contributed by atoms with van der Waals surface area (Å²) in [5.74, 6) is 0.201. The minimum absolute atomic E-state index is 0.122. The Balaban J connectivity index is 2.69. The van der Waals surface area contributed by atoms with Crippen LogP contribution in [0.3, 0.4) is 0 Å². The highest BCUT2D eigenvalue weighted by molar-refractivity contribution is 5.33. The van der Waals surface area contributed by atoms with E-state index >= 15 is 0 Å². The molecule has 0 amide bonds. The van der Waals surface area contributed by atoms with Gasteiger partial charge in [-0.05, 0) is 12.1 Å². The monoisotopic (exact) mass is 207 g/mol. The predicted octanol–water partition coefficient (Wildman–Crippen LogP) is 0.900. The summed E-state index contributed by atoms with van der Waals surface area (Å²) in [6.45, 7) is 0.0999. The smallest absolute Gasteiger partial charge is 0.395 e. The van der Waals surface area contributed by atoms with Crippen molar-refractivity contribution in [3.8, 4) is 0 Å². The van der Waals surface area contributed by atoms with Gasteiger partial charge in [-0.2, -0.15) is 13.2 Å². The molecule has 1 aromatic rings. The Hall–Kier alpha value is -1.37. The SMILES string of the molecule is OCCNc1ccc(C(F)(F)F)nn1. The van der Waals surface area contributed by atoms with Crippen molar-refractivity contribution in [3.05, 3.63) is 17.8 Å². The molecule has 7 heteroatoms. The number of hydrogen-bond acceptors (Lipinski definition) is 4. The average Bonchev–Trinajstić information content (AvgIpc) is 2.14. The molecule has 2 N–H and O–H groups in total. The van der Waals surface area contributed by atoms with E-state index in [0.717, 1.165) is 12.1 Å². The largest absolute Gasteiger partial charge is 0.435 e. The minimum Gasteiger partial charge on any atom is -0.395 e. The molecule has 0 radical (unpaired) electrons. The third-order valence-electron chi connectivity index (χ3n) is 1.37. The Morgan fingerprint density at radius 3 is 2.43 bits per heavy atom. The first kappa shape index (κ1) is 10.7. The maximum atomic E-state index is 12.0. The topological polar surface area (TPSA) is 58.0 Å². The molecule has 0 unspecified atom stereocenters. The van der Waals surface area contributed by atoms with Gasteiger partial charge in [0.2, 0.25) is 0 Å². The van der Waals surface area contributed by atoms with Gasteiger partial charge in [0.1, 0.15) is 5.82 Å². The third-order valence-corrected chi connectivity index (χ3v) is 1.37. The number of nitrogens with zero attached hydrogens (tertiary/aromatic N) is 2. The van der Waals surface area contributed by atoms with Gasteiger partial charge in [-0.1, -0.05) is 0 Å². The van der Waals surface area contributed by atoms with Crippen LogP contribution in [0.4, 0.5) is 19.0 Å². The first-order valence-electron chi connectivity index (χ1n) is 3.79. The highest BCUT2D eigenvalue weighted by Crippen LogP contribution is 2.26. The number of alkyl halides is 3. The Labute approximate surface area is 77.8 Å². The maximum Gasteiger partial charge on any atom is 0.435 e. The van der Waals surface area contributed by atoms with Crippen LogP contribution in [0.15, 0.2) is 12.1 Å². The van der Waals surface area contributed by atoms with E-state index < -0.39 is 11.9 Å². The van der Waals surface area contributed by atoms with Crippen molar-refractivity contribution in [1.29, 1.82) is 0 Å². The molecule has 0 aliphatic heterocycles. The summed E-state index contributed by atoms with van der Waals surface area (Å²) in [5, 5.41) is 17.3. The number of anilines is 1. The molecule has 0 aliphatic carbocycles. The highest BCUT2D eigenvalue weighted by atomic mass is 19.4. The van der Waals surface area contributed by atoms with E-state index in [-0.39, 0.29) is 19.0 Å². The minimum atomic E-state index is -4.47. The fraction of sp³-hybridized carbons (Fsp3) is 0.429. The summed E-state index contributed by atoms with van der Waals surface area (Å²) in [6, 6.07) is 1.98. The summed E-state index contributed by atoms with van der Waals surface area (Å²) < 4.78 is 36.0. The van der Waals surface area contributed by atoms with Crippen molar-refractivity contribution in [2.75, 3.05) is 18.5 Å². The van der Waals surface area contributed by atoms with E-state index in [2.05, 4.69) is 15.5 Å². The van der Waals surface area contributed by atoms with Gasteiger partial charge in [-0.3, -0.25) is 0 Å². The number of aliphatic hydroxyl groups excluding tert-OH is 1. The first-order valence-corrected chi connectivity index (χ1v) is 3.79. The molecule has 0 aliphatic rings. The Morgan fingerprint density at radius 1 is 1.29 bits per heavy atom. The fourth-order valence-electron chi connectivity index (χ4n) is 0.762. The van der Waals surface area contributed by atoms with Gasteiger partial charge >= 0.3 is 6.18 Å². The lowest BCUT2D eigenvalue weighted by Gasteiger charge is -2.05. The molecule has 1 rings (SSSR count). The second-order valence-electron chi connectivity index (χ2n) is 2.45. The lowest BCUT2D eigenvalue weighted by atomic mass is 10.4. The number of aliphatic hydroxyl groups is 1. The highest BCUT2D eigenvalue weighted by Gasteiger charge is 2.32. The molecule has 0 fully saturated rings. The second-order valence-corrected chi connectivity index (χ2v) is 2.45. The molecule has 1 aromatic heterocycles. The molecule has 14 heavy (non-hydrogen) atoms. The van der Waals surface area contributed by atoms with Crippen molar-refractivity contribution in [1.82, 2.24) is 10.2 Å². The second kappa shape index (κ2) is 4.23. The van der Waals surface area contributed by atoms with E-state index in [4.69, 9.17) is 5.11 Å². The summed E-state index contributed by atoms with van der Waals surface area (Å²) in [7, 11) is 0. The molecule has 0 aromatic carbocycles. The van der Waals surface area contributed by atoms with E-state index in [0.29, 0.717) is 0 Å². The fourth-order valence-corrected chi connectivity index (χ4v) is 0.762. The molecular formula is C7H8F3N3O. The van der Waals surface area contributed by atoms with Gasteiger partial charge in [0, 0.05) is 6.54 Å². The molecule has 0 spiro atoms. The van der Waals surface area contributed by atoms with Crippen LogP contribution >= 0.6 is 0 Å². The van der Waals surface area contributed by atoms with Crippen LogP contribution in [0.5, 0.6) is 0 Å². The van der Waals surface area contributed by atoms with E-state index in [1.165, 1.54) is 0 Å². The van der Waals surface area contributed by atoms with Crippen LogP contribution in [0.2, 0.25) is 0 Å². The molecule has 0 saturated heterocycles. The van der Waals surface area contributed by atoms with Gasteiger partial charge in [0.05, 0.1) is 6.61 Å². The number of nitrogens with one attached hydrogen (secondary N) is 1. The molecule has 0 bridgehead atoms. The summed E-state index contributed by atoms with van der Waals surface area (Å²) in [6.07, 6.45) is -4.47. The van der Waals surface area contributed by atoms with Crippen LogP contribution < -0.4 is 5.32 Å². The average molecular weight is 207 g/mol. The van der Waals surface area contributed by atoms with Crippen LogP contribution in [0.1, 0.15) is 5.69 Å². The Morgan fingerprint density at radius 2 is 2.00 bits per heavy atom. The van der Waals surface area contributed by atoms with Crippen LogP contribution in [-0.2, 0) is 6.18 Å². The third kappa shape index (κ3) is 2.84. The van der Waals surface area contributed by atoms with E-state index in [1.54, 1.807) is 0 Å². The zero-order chi connectivity index (χ0) is 10.6. The lowest BCUT2D eigenvalue weighted by Crippen LogP contribution is -2.12. The zero-order valence-corrected chi connectivity index (χ0v) is 7.04. The van der Waals surface area contributed by atoms with Gasteiger partial charge in [0.15, 0.2) is 5.69 Å². The number of halogens is 3. The zero-order valence-electron chi connectivity index (χ0n) is 7.04. The van der Waals surface area contributed by atoms with Gasteiger partial charge < -0.3 is 10.4 Å². The van der Waals surface area contributed by atoms with E-state index in [9.17, 15) is 13.2 Å². The van der Waals surface area contributed by atoms with Crippen LogP contribution in [0.25, 0.3) is 0 Å². The van der Waals surface area contributed by atoms with Gasteiger partial charge in [0.25, 0.3) is 0 Å². The van der Waals surface area contributed by atoms with Crippen molar-refractivity contribution in [2.45, 2.75) is 6.18 Å². The van der Waals surface area contributed by atoms with Crippen molar-refractivity contribution >= 4 is 5.82 Å².